The van der Waals surface area contributed by atoms with E-state index in [1.165, 1.54) is 24.0 Å². The Balaban J connectivity index is 1.36. The second kappa shape index (κ2) is 9.70. The first-order valence-corrected chi connectivity index (χ1v) is 12.7. The van der Waals surface area contributed by atoms with Crippen LogP contribution in [0.4, 0.5) is 6.01 Å². The third-order valence-electron chi connectivity index (χ3n) is 6.01. The number of rotatable bonds is 8. The number of sulfonamides is 1. The third-order valence-corrected chi connectivity index (χ3v) is 7.82. The van der Waals surface area contributed by atoms with Gasteiger partial charge in [-0.1, -0.05) is 12.1 Å². The molecular weight excluding hydrogens is 440 g/mol. The molecule has 4 rings (SSSR count). The number of aryl methyl sites for hydroxylation is 1. The van der Waals surface area contributed by atoms with Gasteiger partial charge in [0.25, 0.3) is 6.01 Å². The van der Waals surface area contributed by atoms with Gasteiger partial charge >= 0.3 is 0 Å². The number of oxazole rings is 1. The topological polar surface area (TPSA) is 87.9 Å². The lowest BCUT2D eigenvalue weighted by Crippen LogP contribution is -2.38. The van der Waals surface area contributed by atoms with Crippen LogP contribution in [0.25, 0.3) is 11.1 Å². The van der Waals surface area contributed by atoms with Gasteiger partial charge in [0.1, 0.15) is 11.3 Å². The van der Waals surface area contributed by atoms with Crippen LogP contribution in [0.5, 0.6) is 5.75 Å². The zero-order valence-electron chi connectivity index (χ0n) is 19.7. The normalized spacial score (nSPS) is 15.9. The second-order valence-corrected chi connectivity index (χ2v) is 10.8. The van der Waals surface area contributed by atoms with E-state index in [9.17, 15) is 8.42 Å². The number of hydrogen-bond acceptors (Lipinski definition) is 7. The standard InChI is InChI=1S/C24H32N4O4S/c1-5-31-23-14-18(7-6-17(23)2)16-28-12-10-19(11-13-28)25-24-26-21-15-20(8-9-22(21)32-24)33(29,30)27(3)4/h6-9,14-15,19H,5,10-13,16H2,1-4H3,(H,25,26). The van der Waals surface area contributed by atoms with Crippen molar-refractivity contribution in [2.75, 3.05) is 39.1 Å². The molecule has 3 aromatic rings. The highest BCUT2D eigenvalue weighted by Gasteiger charge is 2.22. The maximum Gasteiger partial charge on any atom is 0.295 e. The maximum absolute atomic E-state index is 12.4. The van der Waals surface area contributed by atoms with Crippen LogP contribution in [0.2, 0.25) is 0 Å². The lowest BCUT2D eigenvalue weighted by atomic mass is 10.0. The van der Waals surface area contributed by atoms with Crippen LogP contribution in [-0.2, 0) is 16.6 Å². The molecule has 33 heavy (non-hydrogen) atoms. The van der Waals surface area contributed by atoms with E-state index in [-0.39, 0.29) is 10.9 Å². The average Bonchev–Trinajstić information content (AvgIpc) is 3.19. The Hall–Kier alpha value is -2.62. The zero-order chi connectivity index (χ0) is 23.6. The maximum atomic E-state index is 12.4. The van der Waals surface area contributed by atoms with Gasteiger partial charge in [0.05, 0.1) is 11.5 Å². The minimum Gasteiger partial charge on any atom is -0.494 e. The fraction of sp³-hybridized carbons (Fsp3) is 0.458. The number of fused-ring (bicyclic) bond motifs is 1. The lowest BCUT2D eigenvalue weighted by Gasteiger charge is -2.32. The number of anilines is 1. The van der Waals surface area contributed by atoms with Gasteiger partial charge in [0, 0.05) is 39.8 Å². The number of likely N-dealkylation sites (tertiary alicyclic amines) is 1. The van der Waals surface area contributed by atoms with Crippen molar-refractivity contribution in [1.29, 1.82) is 0 Å². The molecule has 0 bridgehead atoms. The molecule has 1 fully saturated rings. The Bertz CT molecular complexity index is 1210. The van der Waals surface area contributed by atoms with Crippen molar-refractivity contribution >= 4 is 27.1 Å². The van der Waals surface area contributed by atoms with Crippen molar-refractivity contribution in [1.82, 2.24) is 14.2 Å². The van der Waals surface area contributed by atoms with Gasteiger partial charge < -0.3 is 14.5 Å². The van der Waals surface area contributed by atoms with Gasteiger partial charge in [0.2, 0.25) is 10.0 Å². The van der Waals surface area contributed by atoms with Crippen LogP contribution in [0.3, 0.4) is 0 Å². The molecular formula is C24H32N4O4S. The molecule has 1 aromatic heterocycles. The predicted octanol–water partition coefficient (Wildman–Crippen LogP) is 3.86. The largest absolute Gasteiger partial charge is 0.494 e. The van der Waals surface area contributed by atoms with Crippen molar-refractivity contribution in [3.63, 3.8) is 0 Å². The molecule has 9 heteroatoms. The molecule has 1 aliphatic rings. The minimum absolute atomic E-state index is 0.205. The zero-order valence-corrected chi connectivity index (χ0v) is 20.5. The van der Waals surface area contributed by atoms with Crippen molar-refractivity contribution in [3.8, 4) is 5.75 Å². The Kier molecular flexibility index (Phi) is 6.92. The molecule has 0 aliphatic carbocycles. The molecule has 178 valence electrons. The van der Waals surface area contributed by atoms with Gasteiger partial charge in [-0.05, 0) is 62.1 Å². The number of nitrogens with one attached hydrogen (secondary N) is 1. The Morgan fingerprint density at radius 3 is 2.64 bits per heavy atom. The fourth-order valence-corrected chi connectivity index (χ4v) is 4.98. The number of benzene rings is 2. The number of piperidine rings is 1. The smallest absolute Gasteiger partial charge is 0.295 e. The summed E-state index contributed by atoms with van der Waals surface area (Å²) in [4.78, 5) is 7.13. The fourth-order valence-electron chi connectivity index (χ4n) is 4.06. The summed E-state index contributed by atoms with van der Waals surface area (Å²) in [5, 5.41) is 3.38. The van der Waals surface area contributed by atoms with Crippen LogP contribution in [0.15, 0.2) is 45.7 Å². The van der Waals surface area contributed by atoms with E-state index in [4.69, 9.17) is 9.15 Å². The lowest BCUT2D eigenvalue weighted by molar-refractivity contribution is 0.210. The van der Waals surface area contributed by atoms with Gasteiger partial charge in [0.15, 0.2) is 5.58 Å². The molecule has 0 spiro atoms. The first kappa shape index (κ1) is 23.5. The van der Waals surface area contributed by atoms with E-state index in [1.807, 2.05) is 6.92 Å². The number of nitrogens with zero attached hydrogens (tertiary/aromatic N) is 3. The molecule has 1 N–H and O–H groups in total. The van der Waals surface area contributed by atoms with E-state index < -0.39 is 10.0 Å². The molecule has 0 atom stereocenters. The molecule has 1 saturated heterocycles. The molecule has 0 saturated carbocycles. The second-order valence-electron chi connectivity index (χ2n) is 8.66. The van der Waals surface area contributed by atoms with E-state index in [2.05, 4.69) is 40.3 Å². The van der Waals surface area contributed by atoms with Crippen molar-refractivity contribution < 1.29 is 17.6 Å². The van der Waals surface area contributed by atoms with Crippen molar-refractivity contribution in [2.45, 2.75) is 44.2 Å². The first-order chi connectivity index (χ1) is 15.8. The molecule has 1 aliphatic heterocycles. The Morgan fingerprint density at radius 1 is 1.18 bits per heavy atom. The summed E-state index contributed by atoms with van der Waals surface area (Å²) < 4.78 is 37.5. The number of ether oxygens (including phenoxy) is 1. The highest BCUT2D eigenvalue weighted by molar-refractivity contribution is 7.89. The highest BCUT2D eigenvalue weighted by atomic mass is 32.2. The summed E-state index contributed by atoms with van der Waals surface area (Å²) in [6, 6.07) is 11.9. The van der Waals surface area contributed by atoms with E-state index in [0.717, 1.165) is 43.8 Å². The van der Waals surface area contributed by atoms with Gasteiger partial charge in [-0.2, -0.15) is 4.98 Å². The van der Waals surface area contributed by atoms with E-state index >= 15 is 0 Å². The summed E-state index contributed by atoms with van der Waals surface area (Å²) >= 11 is 0. The molecule has 0 amide bonds. The van der Waals surface area contributed by atoms with Crippen LogP contribution >= 0.6 is 0 Å². The summed E-state index contributed by atoms with van der Waals surface area (Å²) in [5.74, 6) is 0.962. The Morgan fingerprint density at radius 2 is 1.94 bits per heavy atom. The Labute approximate surface area is 195 Å². The highest BCUT2D eigenvalue weighted by Crippen LogP contribution is 2.26. The van der Waals surface area contributed by atoms with Gasteiger partial charge in [-0.3, -0.25) is 4.90 Å². The van der Waals surface area contributed by atoms with E-state index in [0.29, 0.717) is 23.7 Å². The summed E-state index contributed by atoms with van der Waals surface area (Å²) in [5.41, 5.74) is 3.52. The van der Waals surface area contributed by atoms with Crippen LogP contribution < -0.4 is 10.1 Å². The van der Waals surface area contributed by atoms with Gasteiger partial charge in [-0.15, -0.1) is 0 Å². The quantitative estimate of drug-likeness (QED) is 0.533. The molecule has 2 aromatic carbocycles. The van der Waals surface area contributed by atoms with Crippen molar-refractivity contribution in [3.05, 3.63) is 47.5 Å². The average molecular weight is 473 g/mol. The number of hydrogen-bond donors (Lipinski definition) is 1. The van der Waals surface area contributed by atoms with Crippen LogP contribution in [-0.4, -0.2) is 62.4 Å². The van der Waals surface area contributed by atoms with Crippen LogP contribution in [0, 0.1) is 6.92 Å². The monoisotopic (exact) mass is 472 g/mol. The molecule has 8 nitrogen and oxygen atoms in total. The van der Waals surface area contributed by atoms with Crippen molar-refractivity contribution in [2.24, 2.45) is 0 Å². The number of aromatic nitrogens is 1. The predicted molar refractivity (Wildman–Crippen MR) is 129 cm³/mol. The summed E-state index contributed by atoms with van der Waals surface area (Å²) in [6.07, 6.45) is 1.95. The summed E-state index contributed by atoms with van der Waals surface area (Å²) in [7, 11) is -0.484. The van der Waals surface area contributed by atoms with E-state index in [1.54, 1.807) is 18.2 Å². The first-order valence-electron chi connectivity index (χ1n) is 11.3. The third kappa shape index (κ3) is 5.31. The van der Waals surface area contributed by atoms with Gasteiger partial charge in [-0.25, -0.2) is 12.7 Å². The minimum atomic E-state index is -3.51. The molecule has 0 radical (unpaired) electrons. The SMILES string of the molecule is CCOc1cc(CN2CCC(Nc3nc4cc(S(=O)(=O)N(C)C)ccc4o3)CC2)ccc1C. The molecule has 2 heterocycles. The van der Waals surface area contributed by atoms with Crippen LogP contribution in [0.1, 0.15) is 30.9 Å². The summed E-state index contributed by atoms with van der Waals surface area (Å²) in [6.45, 7) is 7.59. The molecule has 0 unspecified atom stereocenters.